The summed E-state index contributed by atoms with van der Waals surface area (Å²) in [5.74, 6) is 0.229. The first-order valence-corrected chi connectivity index (χ1v) is 11.8. The molecule has 0 saturated carbocycles. The van der Waals surface area contributed by atoms with Gasteiger partial charge in [-0.2, -0.15) is 5.26 Å². The second-order valence-corrected chi connectivity index (χ2v) is 9.54. The van der Waals surface area contributed by atoms with E-state index in [1.54, 1.807) is 30.3 Å². The van der Waals surface area contributed by atoms with Crippen molar-refractivity contribution >= 4 is 17.4 Å². The molecule has 0 fully saturated rings. The number of nitrogens with two attached hydrogens (primary N) is 1. The number of nitriles is 1. The van der Waals surface area contributed by atoms with Crippen molar-refractivity contribution in [3.05, 3.63) is 76.9 Å². The highest BCUT2D eigenvalue weighted by atomic mass is 16.5. The molecule has 1 aliphatic carbocycles. The Morgan fingerprint density at radius 1 is 1.17 bits per heavy atom. The molecule has 0 bridgehead atoms. The topological polar surface area (TPSA) is 124 Å². The lowest BCUT2D eigenvalue weighted by molar-refractivity contribution is -0.119. The molecule has 1 amide bonds. The number of ketones is 1. The van der Waals surface area contributed by atoms with Gasteiger partial charge in [-0.25, -0.2) is 0 Å². The predicted octanol–water partition coefficient (Wildman–Crippen LogP) is 4.55. The van der Waals surface area contributed by atoms with E-state index in [1.165, 1.54) is 0 Å². The van der Waals surface area contributed by atoms with Gasteiger partial charge in [0.1, 0.15) is 17.4 Å². The number of hydrogen-bond acceptors (Lipinski definition) is 7. The van der Waals surface area contributed by atoms with Crippen LogP contribution in [0.4, 0.5) is 5.69 Å². The van der Waals surface area contributed by atoms with Gasteiger partial charge in [-0.05, 0) is 42.2 Å². The molecule has 2 aromatic rings. The number of hydrogen-bond donors (Lipinski definition) is 2. The van der Waals surface area contributed by atoms with Crippen molar-refractivity contribution in [2.24, 2.45) is 11.1 Å². The first-order valence-electron chi connectivity index (χ1n) is 11.8. The number of nitrogens with zero attached hydrogens (tertiary/aromatic N) is 1. The number of para-hydroxylation sites is 1. The third-order valence-corrected chi connectivity index (χ3v) is 6.09. The number of rotatable bonds is 7. The number of carbonyl (C=O) groups excluding carboxylic acids is 2. The number of allylic oxidation sites excluding steroid dienone is 3. The zero-order valence-electron chi connectivity index (χ0n) is 20.6. The summed E-state index contributed by atoms with van der Waals surface area (Å²) in [6.07, 6.45) is 0.889. The molecule has 8 nitrogen and oxygen atoms in total. The normalized spacial score (nSPS) is 18.6. The van der Waals surface area contributed by atoms with E-state index in [4.69, 9.17) is 19.9 Å². The molecule has 1 aliphatic heterocycles. The zero-order valence-corrected chi connectivity index (χ0v) is 20.6. The van der Waals surface area contributed by atoms with Crippen LogP contribution in [-0.2, 0) is 14.3 Å². The molecule has 1 heterocycles. The molecular formula is C28H29N3O5. The second-order valence-electron chi connectivity index (χ2n) is 9.54. The molecule has 0 unspecified atom stereocenters. The second kappa shape index (κ2) is 10.2. The van der Waals surface area contributed by atoms with Gasteiger partial charge in [0.15, 0.2) is 23.9 Å². The van der Waals surface area contributed by atoms with E-state index in [2.05, 4.69) is 11.4 Å². The zero-order chi connectivity index (χ0) is 25.9. The van der Waals surface area contributed by atoms with Gasteiger partial charge in [0.05, 0.1) is 12.5 Å². The van der Waals surface area contributed by atoms with E-state index < -0.39 is 5.92 Å². The van der Waals surface area contributed by atoms with Crippen LogP contribution in [0, 0.1) is 16.7 Å². The Morgan fingerprint density at radius 3 is 2.61 bits per heavy atom. The number of amides is 1. The molecule has 8 heteroatoms. The maximum Gasteiger partial charge on any atom is 0.262 e. The average molecular weight is 488 g/mol. The van der Waals surface area contributed by atoms with Crippen LogP contribution in [0.2, 0.25) is 0 Å². The fourth-order valence-corrected chi connectivity index (χ4v) is 4.57. The highest BCUT2D eigenvalue weighted by Crippen LogP contribution is 2.48. The Hall–Kier alpha value is -4.25. The lowest BCUT2D eigenvalue weighted by Gasteiger charge is -2.37. The quantitative estimate of drug-likeness (QED) is 0.587. The van der Waals surface area contributed by atoms with Crippen molar-refractivity contribution in [1.29, 1.82) is 5.26 Å². The highest BCUT2D eigenvalue weighted by Gasteiger charge is 2.43. The van der Waals surface area contributed by atoms with E-state index in [1.807, 2.05) is 39.0 Å². The number of carbonyl (C=O) groups is 2. The minimum absolute atomic E-state index is 0.00243. The lowest BCUT2D eigenvalue weighted by atomic mass is 9.70. The first kappa shape index (κ1) is 24.9. The van der Waals surface area contributed by atoms with E-state index in [0.717, 1.165) is 0 Å². The highest BCUT2D eigenvalue weighted by molar-refractivity contribution is 6.00. The van der Waals surface area contributed by atoms with Gasteiger partial charge >= 0.3 is 0 Å². The van der Waals surface area contributed by atoms with Gasteiger partial charge < -0.3 is 25.3 Å². The molecule has 2 aromatic carbocycles. The maximum atomic E-state index is 13.2. The van der Waals surface area contributed by atoms with Gasteiger partial charge in [0.25, 0.3) is 5.91 Å². The summed E-state index contributed by atoms with van der Waals surface area (Å²) < 4.78 is 17.3. The van der Waals surface area contributed by atoms with Crippen molar-refractivity contribution in [3.8, 4) is 17.6 Å². The van der Waals surface area contributed by atoms with Crippen LogP contribution in [-0.4, -0.2) is 24.9 Å². The summed E-state index contributed by atoms with van der Waals surface area (Å²) in [6, 6.07) is 16.4. The van der Waals surface area contributed by atoms with Crippen LogP contribution in [0.25, 0.3) is 0 Å². The molecule has 0 aromatic heterocycles. The van der Waals surface area contributed by atoms with E-state index in [-0.39, 0.29) is 35.2 Å². The Bertz CT molecular complexity index is 1290. The number of benzene rings is 2. The first-order chi connectivity index (χ1) is 17.2. The third kappa shape index (κ3) is 5.20. The standard InChI is InChI=1S/C28H29N3O5/c1-4-34-22-12-17(10-11-21(22)35-16-24(33)31-18-8-6-5-7-9-18)25-19(15-29)27(30)36-23-14-28(2,3)13-20(32)26(23)25/h5-12,25H,4,13-14,16,30H2,1-3H3,(H,31,33)/t25-/m0/s1. The number of ether oxygens (including phenoxy) is 3. The van der Waals surface area contributed by atoms with Crippen LogP contribution in [0.15, 0.2) is 71.3 Å². The predicted molar refractivity (Wildman–Crippen MR) is 134 cm³/mol. The molecule has 1 atom stereocenters. The largest absolute Gasteiger partial charge is 0.490 e. The van der Waals surface area contributed by atoms with E-state index in [0.29, 0.717) is 53.5 Å². The summed E-state index contributed by atoms with van der Waals surface area (Å²) in [5.41, 5.74) is 7.82. The summed E-state index contributed by atoms with van der Waals surface area (Å²) in [4.78, 5) is 25.5. The minimum atomic E-state index is -0.669. The van der Waals surface area contributed by atoms with Crippen LogP contribution in [0.5, 0.6) is 11.5 Å². The minimum Gasteiger partial charge on any atom is -0.490 e. The van der Waals surface area contributed by atoms with Crippen LogP contribution >= 0.6 is 0 Å². The lowest BCUT2D eigenvalue weighted by Crippen LogP contribution is -2.33. The molecule has 0 spiro atoms. The van der Waals surface area contributed by atoms with Gasteiger partial charge in [-0.15, -0.1) is 0 Å². The van der Waals surface area contributed by atoms with Gasteiger partial charge in [0, 0.05) is 24.1 Å². The number of anilines is 1. The summed E-state index contributed by atoms with van der Waals surface area (Å²) in [5, 5.41) is 12.6. The molecule has 0 saturated heterocycles. The van der Waals surface area contributed by atoms with E-state index in [9.17, 15) is 14.9 Å². The summed E-state index contributed by atoms with van der Waals surface area (Å²) in [6.45, 7) is 5.97. The molecule has 36 heavy (non-hydrogen) atoms. The fraction of sp³-hybridized carbons (Fsp3) is 0.321. The smallest absolute Gasteiger partial charge is 0.262 e. The Labute approximate surface area is 210 Å². The van der Waals surface area contributed by atoms with Crippen LogP contribution in [0.3, 0.4) is 0 Å². The fourth-order valence-electron chi connectivity index (χ4n) is 4.57. The van der Waals surface area contributed by atoms with Gasteiger partial charge in [0.2, 0.25) is 5.88 Å². The number of nitrogens with one attached hydrogen (secondary N) is 1. The SMILES string of the molecule is CCOc1cc([C@H]2C(C#N)=C(N)OC3=C2C(=O)CC(C)(C)C3)ccc1OCC(=O)Nc1ccccc1. The van der Waals surface area contributed by atoms with Crippen molar-refractivity contribution in [1.82, 2.24) is 0 Å². The molecule has 3 N–H and O–H groups in total. The van der Waals surface area contributed by atoms with Crippen LogP contribution in [0.1, 0.15) is 45.1 Å². The number of Topliss-reactive ketones (excluding diaryl/α,β-unsaturated/α-hetero) is 1. The van der Waals surface area contributed by atoms with Gasteiger partial charge in [-0.1, -0.05) is 38.1 Å². The molecule has 4 rings (SSSR count). The van der Waals surface area contributed by atoms with Crippen LogP contribution < -0.4 is 20.5 Å². The molecule has 0 radical (unpaired) electrons. The van der Waals surface area contributed by atoms with E-state index >= 15 is 0 Å². The maximum absolute atomic E-state index is 13.2. The third-order valence-electron chi connectivity index (χ3n) is 6.09. The molecular weight excluding hydrogens is 458 g/mol. The van der Waals surface area contributed by atoms with Crippen molar-refractivity contribution < 1.29 is 23.8 Å². The summed E-state index contributed by atoms with van der Waals surface area (Å²) in [7, 11) is 0. The molecule has 186 valence electrons. The average Bonchev–Trinajstić information content (AvgIpc) is 2.82. The Morgan fingerprint density at radius 2 is 1.92 bits per heavy atom. The monoisotopic (exact) mass is 487 g/mol. The van der Waals surface area contributed by atoms with Crippen molar-refractivity contribution in [2.45, 2.75) is 39.5 Å². The van der Waals surface area contributed by atoms with Gasteiger partial charge in [-0.3, -0.25) is 9.59 Å². The molecule has 2 aliphatic rings. The Balaban J connectivity index is 1.63. The Kier molecular flexibility index (Phi) is 7.02. The van der Waals surface area contributed by atoms with Crippen molar-refractivity contribution in [3.63, 3.8) is 0 Å². The van der Waals surface area contributed by atoms with Crippen molar-refractivity contribution in [2.75, 3.05) is 18.5 Å². The summed E-state index contributed by atoms with van der Waals surface area (Å²) >= 11 is 0.